The summed E-state index contributed by atoms with van der Waals surface area (Å²) in [6.07, 6.45) is 5.54. The first-order chi connectivity index (χ1) is 10.1. The molecule has 0 saturated carbocycles. The Balaban J connectivity index is 1.96. The number of benzene rings is 1. The quantitative estimate of drug-likeness (QED) is 0.759. The maximum Gasteiger partial charge on any atom is 0.211 e. The van der Waals surface area contributed by atoms with Crippen molar-refractivity contribution >= 4 is 10.0 Å². The zero-order valence-corrected chi connectivity index (χ0v) is 12.6. The molecule has 1 heterocycles. The molecule has 1 aromatic carbocycles. The highest BCUT2D eigenvalue weighted by atomic mass is 32.2. The number of hydrogen-bond donors (Lipinski definition) is 1. The number of imidazole rings is 1. The molecule has 112 valence electrons. The third-order valence-corrected chi connectivity index (χ3v) is 4.46. The molecule has 2 aromatic rings. The van der Waals surface area contributed by atoms with Crippen LogP contribution in [-0.2, 0) is 16.6 Å². The van der Waals surface area contributed by atoms with Crippen molar-refractivity contribution in [3.05, 3.63) is 55.5 Å². The van der Waals surface area contributed by atoms with Crippen LogP contribution in [0.2, 0.25) is 0 Å². The predicted octanol–water partition coefficient (Wildman–Crippen LogP) is 2.05. The molecule has 0 fully saturated rings. The molecule has 0 aliphatic carbocycles. The van der Waals surface area contributed by atoms with E-state index in [1.807, 2.05) is 34.9 Å². The van der Waals surface area contributed by atoms with Gasteiger partial charge in [-0.1, -0.05) is 36.4 Å². The Hall–Kier alpha value is -1.92. The minimum absolute atomic E-state index is 0.0754. The van der Waals surface area contributed by atoms with Crippen LogP contribution in [0, 0.1) is 0 Å². The molecule has 0 atom stereocenters. The Morgan fingerprint density at radius 3 is 2.76 bits per heavy atom. The second-order valence-electron chi connectivity index (χ2n) is 4.63. The van der Waals surface area contributed by atoms with Crippen molar-refractivity contribution in [2.24, 2.45) is 0 Å². The van der Waals surface area contributed by atoms with Gasteiger partial charge in [0, 0.05) is 13.1 Å². The molecule has 0 radical (unpaired) electrons. The lowest BCUT2D eigenvalue weighted by Crippen LogP contribution is -2.29. The van der Waals surface area contributed by atoms with Gasteiger partial charge < -0.3 is 4.57 Å². The fourth-order valence-corrected chi connectivity index (χ4v) is 3.00. The summed E-state index contributed by atoms with van der Waals surface area (Å²) in [6, 6.07) is 9.89. The van der Waals surface area contributed by atoms with Crippen molar-refractivity contribution in [3.8, 4) is 11.3 Å². The molecule has 6 heteroatoms. The number of nitrogens with one attached hydrogen (secondary N) is 1. The summed E-state index contributed by atoms with van der Waals surface area (Å²) < 4.78 is 27.9. The van der Waals surface area contributed by atoms with Crippen LogP contribution < -0.4 is 4.72 Å². The highest BCUT2D eigenvalue weighted by Crippen LogP contribution is 2.17. The summed E-state index contributed by atoms with van der Waals surface area (Å²) in [5, 5.41) is 0. The summed E-state index contributed by atoms with van der Waals surface area (Å²) in [6.45, 7) is 4.41. The average Bonchev–Trinajstić information content (AvgIpc) is 2.94. The third kappa shape index (κ3) is 4.54. The van der Waals surface area contributed by atoms with Gasteiger partial charge in [0.05, 0.1) is 24.0 Å². The Kier molecular flexibility index (Phi) is 5.30. The maximum absolute atomic E-state index is 11.7. The molecule has 0 aliphatic heterocycles. The van der Waals surface area contributed by atoms with Crippen molar-refractivity contribution in [1.82, 2.24) is 14.3 Å². The first-order valence-corrected chi connectivity index (χ1v) is 8.41. The zero-order valence-electron chi connectivity index (χ0n) is 11.8. The molecule has 0 saturated heterocycles. The molecular weight excluding hydrogens is 286 g/mol. The lowest BCUT2D eigenvalue weighted by atomic mass is 10.2. The van der Waals surface area contributed by atoms with Crippen LogP contribution in [-0.4, -0.2) is 30.3 Å². The topological polar surface area (TPSA) is 64.0 Å². The third-order valence-electron chi connectivity index (χ3n) is 3.05. The van der Waals surface area contributed by atoms with Crippen LogP contribution >= 0.6 is 0 Å². The number of hydrogen-bond acceptors (Lipinski definition) is 3. The molecule has 0 bridgehead atoms. The molecular formula is C15H19N3O2S. The zero-order chi connectivity index (χ0) is 15.1. The number of aromatic nitrogens is 2. The first-order valence-electron chi connectivity index (χ1n) is 6.76. The van der Waals surface area contributed by atoms with E-state index >= 15 is 0 Å². The molecule has 2 rings (SSSR count). The van der Waals surface area contributed by atoms with Gasteiger partial charge in [-0.25, -0.2) is 18.1 Å². The summed E-state index contributed by atoms with van der Waals surface area (Å²) in [5.74, 6) is 0.0754. The van der Waals surface area contributed by atoms with Gasteiger partial charge in [-0.15, -0.1) is 6.58 Å². The molecule has 1 aromatic heterocycles. The minimum Gasteiger partial charge on any atom is -0.329 e. The summed E-state index contributed by atoms with van der Waals surface area (Å²) >= 11 is 0. The van der Waals surface area contributed by atoms with E-state index in [4.69, 9.17) is 0 Å². The molecule has 21 heavy (non-hydrogen) atoms. The van der Waals surface area contributed by atoms with E-state index in [0.717, 1.165) is 11.3 Å². The van der Waals surface area contributed by atoms with E-state index in [2.05, 4.69) is 16.3 Å². The molecule has 5 nitrogen and oxygen atoms in total. The summed E-state index contributed by atoms with van der Waals surface area (Å²) in [7, 11) is -3.23. The van der Waals surface area contributed by atoms with E-state index in [-0.39, 0.29) is 5.75 Å². The summed E-state index contributed by atoms with van der Waals surface area (Å²) in [4.78, 5) is 4.14. The second kappa shape index (κ2) is 7.19. The Morgan fingerprint density at radius 2 is 2.05 bits per heavy atom. The van der Waals surface area contributed by atoms with Crippen LogP contribution in [0.3, 0.4) is 0 Å². The van der Waals surface area contributed by atoms with Crippen LogP contribution in [0.15, 0.2) is 55.5 Å². The number of nitrogens with zero attached hydrogens (tertiary/aromatic N) is 2. The van der Waals surface area contributed by atoms with Crippen molar-refractivity contribution in [1.29, 1.82) is 0 Å². The normalized spacial score (nSPS) is 11.4. The predicted molar refractivity (Wildman–Crippen MR) is 84.3 cm³/mol. The van der Waals surface area contributed by atoms with Crippen LogP contribution in [0.1, 0.15) is 6.42 Å². The smallest absolute Gasteiger partial charge is 0.211 e. The molecule has 0 aliphatic rings. The second-order valence-corrected chi connectivity index (χ2v) is 6.56. The van der Waals surface area contributed by atoms with E-state index < -0.39 is 10.0 Å². The van der Waals surface area contributed by atoms with Crippen molar-refractivity contribution in [2.45, 2.75) is 13.0 Å². The SMILES string of the molecule is C=CCCS(=O)(=O)NCCn1cncc1-c1ccccc1. The van der Waals surface area contributed by atoms with E-state index in [9.17, 15) is 8.42 Å². The van der Waals surface area contributed by atoms with Crippen LogP contribution in [0.4, 0.5) is 0 Å². The van der Waals surface area contributed by atoms with Gasteiger partial charge in [-0.05, 0) is 12.0 Å². The number of allylic oxidation sites excluding steroid dienone is 1. The molecule has 1 N–H and O–H groups in total. The monoisotopic (exact) mass is 305 g/mol. The van der Waals surface area contributed by atoms with Gasteiger partial charge in [0.2, 0.25) is 10.0 Å². The van der Waals surface area contributed by atoms with Gasteiger partial charge in [0.15, 0.2) is 0 Å². The fourth-order valence-electron chi connectivity index (χ4n) is 1.98. The Morgan fingerprint density at radius 1 is 1.29 bits per heavy atom. The highest BCUT2D eigenvalue weighted by Gasteiger charge is 2.09. The van der Waals surface area contributed by atoms with Crippen LogP contribution in [0.5, 0.6) is 0 Å². The minimum atomic E-state index is -3.23. The van der Waals surface area contributed by atoms with Crippen molar-refractivity contribution in [3.63, 3.8) is 0 Å². The van der Waals surface area contributed by atoms with Gasteiger partial charge in [-0.2, -0.15) is 0 Å². The van der Waals surface area contributed by atoms with Crippen LogP contribution in [0.25, 0.3) is 11.3 Å². The van der Waals surface area contributed by atoms with Crippen molar-refractivity contribution < 1.29 is 8.42 Å². The van der Waals surface area contributed by atoms with E-state index in [0.29, 0.717) is 19.5 Å². The largest absolute Gasteiger partial charge is 0.329 e. The molecule has 0 amide bonds. The van der Waals surface area contributed by atoms with Gasteiger partial charge in [0.25, 0.3) is 0 Å². The van der Waals surface area contributed by atoms with Gasteiger partial charge in [0.1, 0.15) is 0 Å². The lowest BCUT2D eigenvalue weighted by molar-refractivity contribution is 0.573. The van der Waals surface area contributed by atoms with Gasteiger partial charge in [-0.3, -0.25) is 0 Å². The van der Waals surface area contributed by atoms with Crippen molar-refractivity contribution in [2.75, 3.05) is 12.3 Å². The molecule has 0 unspecified atom stereocenters. The maximum atomic E-state index is 11.7. The Bertz CT molecular complexity index is 678. The van der Waals surface area contributed by atoms with E-state index in [1.165, 1.54) is 0 Å². The van der Waals surface area contributed by atoms with E-state index in [1.54, 1.807) is 18.6 Å². The average molecular weight is 305 g/mol. The highest BCUT2D eigenvalue weighted by molar-refractivity contribution is 7.89. The van der Waals surface area contributed by atoms with Gasteiger partial charge >= 0.3 is 0 Å². The number of sulfonamides is 1. The first kappa shape index (κ1) is 15.5. The Labute approximate surface area is 125 Å². The summed E-state index contributed by atoms with van der Waals surface area (Å²) in [5.41, 5.74) is 2.03. The standard InChI is InChI=1S/C15H19N3O2S/c1-2-3-11-21(19,20)17-9-10-18-13-16-12-15(18)14-7-5-4-6-8-14/h2,4-8,12-13,17H,1,3,9-11H2. The fraction of sp³-hybridized carbons (Fsp3) is 0.267. The lowest BCUT2D eigenvalue weighted by Gasteiger charge is -2.09. The number of rotatable bonds is 8. The molecule has 0 spiro atoms.